The molecule has 142 valence electrons. The molecule has 0 atom stereocenters. The second-order valence-corrected chi connectivity index (χ2v) is 5.78. The molecule has 28 heavy (non-hydrogen) atoms. The number of aromatic nitrogens is 3. The lowest BCUT2D eigenvalue weighted by Gasteiger charge is -2.07. The first kappa shape index (κ1) is 18.9. The third kappa shape index (κ3) is 3.93. The van der Waals surface area contributed by atoms with Crippen LogP contribution in [0.15, 0.2) is 54.6 Å². The van der Waals surface area contributed by atoms with E-state index in [1.54, 1.807) is 43.3 Å². The number of non-ortho nitro benzene ring substituents is 1. The molecule has 1 aromatic heterocycles. The van der Waals surface area contributed by atoms with E-state index in [4.69, 9.17) is 4.74 Å². The van der Waals surface area contributed by atoms with Gasteiger partial charge in [0.1, 0.15) is 11.4 Å². The van der Waals surface area contributed by atoms with Gasteiger partial charge in [-0.3, -0.25) is 14.9 Å². The molecule has 0 fully saturated rings. The zero-order chi connectivity index (χ0) is 20.1. The summed E-state index contributed by atoms with van der Waals surface area (Å²) in [6.45, 7) is 1.78. The number of hydrogen-bond donors (Lipinski definition) is 0. The van der Waals surface area contributed by atoms with Crippen LogP contribution in [0.1, 0.15) is 23.0 Å². The van der Waals surface area contributed by atoms with Crippen molar-refractivity contribution in [1.29, 1.82) is 0 Å². The van der Waals surface area contributed by atoms with Crippen molar-refractivity contribution in [3.63, 3.8) is 0 Å². The highest BCUT2D eigenvalue weighted by atomic mass is 16.6. The third-order valence-corrected chi connectivity index (χ3v) is 3.94. The normalized spacial score (nSPS) is 10.5. The van der Waals surface area contributed by atoms with Gasteiger partial charge in [0.15, 0.2) is 0 Å². The van der Waals surface area contributed by atoms with Gasteiger partial charge in [-0.15, -0.1) is 5.10 Å². The summed E-state index contributed by atoms with van der Waals surface area (Å²) in [5.74, 6) is -1.85. The van der Waals surface area contributed by atoms with Gasteiger partial charge in [-0.1, -0.05) is 47.7 Å². The Bertz CT molecular complexity index is 1010. The average Bonchev–Trinajstić information content (AvgIpc) is 3.12. The first-order valence-corrected chi connectivity index (χ1v) is 8.45. The predicted octanol–water partition coefficient (Wildman–Crippen LogP) is 2.65. The number of Topliss-reactive ketones (excluding diaryl/α,β-unsaturated/α-hetero) is 1. The number of rotatable bonds is 7. The molecule has 0 unspecified atom stereocenters. The van der Waals surface area contributed by atoms with Gasteiger partial charge < -0.3 is 4.74 Å². The quantitative estimate of drug-likeness (QED) is 0.203. The molecule has 0 spiro atoms. The molecule has 0 aliphatic heterocycles. The molecular formula is C19H16N4O5. The number of benzene rings is 2. The van der Waals surface area contributed by atoms with Crippen LogP contribution in [0.5, 0.6) is 0 Å². The van der Waals surface area contributed by atoms with E-state index < -0.39 is 16.7 Å². The largest absolute Gasteiger partial charge is 0.460 e. The van der Waals surface area contributed by atoms with Crippen LogP contribution in [-0.4, -0.2) is 38.3 Å². The number of carbonyl (C=O) groups is 2. The van der Waals surface area contributed by atoms with Crippen molar-refractivity contribution >= 4 is 17.4 Å². The molecule has 0 bridgehead atoms. The van der Waals surface area contributed by atoms with Crippen molar-refractivity contribution in [1.82, 2.24) is 15.0 Å². The molecule has 0 N–H and O–H groups in total. The van der Waals surface area contributed by atoms with Crippen LogP contribution in [0.4, 0.5) is 5.69 Å². The van der Waals surface area contributed by atoms with Crippen molar-refractivity contribution in [3.05, 3.63) is 76.0 Å². The van der Waals surface area contributed by atoms with Crippen molar-refractivity contribution in [2.45, 2.75) is 13.5 Å². The summed E-state index contributed by atoms with van der Waals surface area (Å²) < 4.78 is 6.13. The topological polar surface area (TPSA) is 117 Å². The molecule has 9 heteroatoms. The molecule has 0 saturated carbocycles. The molecule has 0 aliphatic carbocycles. The summed E-state index contributed by atoms with van der Waals surface area (Å²) in [5.41, 5.74) is 1.51. The maximum Gasteiger partial charge on any atom is 0.381 e. The summed E-state index contributed by atoms with van der Waals surface area (Å²) in [6, 6.07) is 14.7. The molecular weight excluding hydrogens is 364 g/mol. The molecule has 0 amide bonds. The van der Waals surface area contributed by atoms with E-state index in [1.807, 2.05) is 6.07 Å². The first-order valence-electron chi connectivity index (χ1n) is 8.45. The monoisotopic (exact) mass is 380 g/mol. The zero-order valence-electron chi connectivity index (χ0n) is 14.9. The Kier molecular flexibility index (Phi) is 5.54. The Morgan fingerprint density at radius 1 is 1.11 bits per heavy atom. The van der Waals surface area contributed by atoms with E-state index in [0.717, 1.165) is 0 Å². The van der Waals surface area contributed by atoms with Gasteiger partial charge in [0.05, 0.1) is 18.1 Å². The Hall–Kier alpha value is -3.88. The summed E-state index contributed by atoms with van der Waals surface area (Å²) in [4.78, 5) is 35.0. The van der Waals surface area contributed by atoms with Crippen molar-refractivity contribution in [2.75, 3.05) is 6.61 Å². The lowest BCUT2D eigenvalue weighted by molar-refractivity contribution is -0.384. The van der Waals surface area contributed by atoms with E-state index in [0.29, 0.717) is 11.1 Å². The second-order valence-electron chi connectivity index (χ2n) is 5.78. The van der Waals surface area contributed by atoms with E-state index in [1.165, 1.54) is 16.8 Å². The Balaban J connectivity index is 2.01. The SMILES string of the molecule is CCOC(=O)C(=O)c1c(-c2ccccc2)nnn1Cc1ccc([N+](=O)[O-])cc1. The highest BCUT2D eigenvalue weighted by Crippen LogP contribution is 2.23. The molecule has 9 nitrogen and oxygen atoms in total. The van der Waals surface area contributed by atoms with Gasteiger partial charge in [0, 0.05) is 17.7 Å². The zero-order valence-corrected chi connectivity index (χ0v) is 14.9. The maximum absolute atomic E-state index is 12.7. The number of hydrogen-bond acceptors (Lipinski definition) is 7. The predicted molar refractivity (Wildman–Crippen MR) is 98.6 cm³/mol. The van der Waals surface area contributed by atoms with Crippen molar-refractivity contribution in [3.8, 4) is 11.3 Å². The fourth-order valence-electron chi connectivity index (χ4n) is 2.63. The molecule has 1 heterocycles. The van der Waals surface area contributed by atoms with E-state index >= 15 is 0 Å². The smallest absolute Gasteiger partial charge is 0.381 e. The molecule has 3 rings (SSSR count). The van der Waals surface area contributed by atoms with Gasteiger partial charge >= 0.3 is 5.97 Å². The number of nitro groups is 1. The number of esters is 1. The molecule has 0 aliphatic rings. The van der Waals surface area contributed by atoms with Crippen LogP contribution in [0.2, 0.25) is 0 Å². The molecule has 3 aromatic rings. The molecule has 0 radical (unpaired) electrons. The van der Waals surface area contributed by atoms with Crippen LogP contribution < -0.4 is 0 Å². The lowest BCUT2D eigenvalue weighted by Crippen LogP contribution is -2.22. The Morgan fingerprint density at radius 2 is 1.79 bits per heavy atom. The van der Waals surface area contributed by atoms with Crippen LogP contribution >= 0.6 is 0 Å². The molecule has 0 saturated heterocycles. The third-order valence-electron chi connectivity index (χ3n) is 3.94. The maximum atomic E-state index is 12.7. The minimum absolute atomic E-state index is 0.00278. The number of carbonyl (C=O) groups excluding carboxylic acids is 2. The number of ketones is 1. The highest BCUT2D eigenvalue weighted by Gasteiger charge is 2.28. The molecule has 2 aromatic carbocycles. The standard InChI is InChI=1S/C19H16N4O5/c1-2-28-19(25)18(24)17-16(14-6-4-3-5-7-14)20-21-22(17)12-13-8-10-15(11-9-13)23(26)27/h3-11H,2,12H2,1H3. The summed E-state index contributed by atoms with van der Waals surface area (Å²) >= 11 is 0. The van der Waals surface area contributed by atoms with E-state index in [2.05, 4.69) is 10.3 Å². The Labute approximate surface area is 159 Å². The highest BCUT2D eigenvalue weighted by molar-refractivity contribution is 6.41. The van der Waals surface area contributed by atoms with Crippen LogP contribution in [0, 0.1) is 10.1 Å². The van der Waals surface area contributed by atoms with Crippen molar-refractivity contribution in [2.24, 2.45) is 0 Å². The van der Waals surface area contributed by atoms with Gasteiger partial charge in [-0.05, 0) is 12.5 Å². The lowest BCUT2D eigenvalue weighted by atomic mass is 10.1. The van der Waals surface area contributed by atoms with Crippen LogP contribution in [-0.2, 0) is 16.1 Å². The number of nitrogens with zero attached hydrogens (tertiary/aromatic N) is 4. The fraction of sp³-hybridized carbons (Fsp3) is 0.158. The van der Waals surface area contributed by atoms with E-state index in [9.17, 15) is 19.7 Å². The summed E-state index contributed by atoms with van der Waals surface area (Å²) in [6.07, 6.45) is 0. The average molecular weight is 380 g/mol. The first-order chi connectivity index (χ1) is 13.5. The number of ether oxygens (including phenoxy) is 1. The van der Waals surface area contributed by atoms with E-state index in [-0.39, 0.29) is 30.2 Å². The minimum Gasteiger partial charge on any atom is -0.460 e. The fourth-order valence-corrected chi connectivity index (χ4v) is 2.63. The van der Waals surface area contributed by atoms with Gasteiger partial charge in [0.2, 0.25) is 0 Å². The second kappa shape index (κ2) is 8.21. The van der Waals surface area contributed by atoms with Gasteiger partial charge in [-0.2, -0.15) is 0 Å². The summed E-state index contributed by atoms with van der Waals surface area (Å²) in [5, 5.41) is 18.9. The minimum atomic E-state index is -0.994. The Morgan fingerprint density at radius 3 is 2.39 bits per heavy atom. The van der Waals surface area contributed by atoms with Gasteiger partial charge in [-0.25, -0.2) is 9.48 Å². The van der Waals surface area contributed by atoms with Crippen LogP contribution in [0.25, 0.3) is 11.3 Å². The van der Waals surface area contributed by atoms with Gasteiger partial charge in [0.25, 0.3) is 11.5 Å². The number of nitro benzene ring substituents is 1. The van der Waals surface area contributed by atoms with Crippen LogP contribution in [0.3, 0.4) is 0 Å². The van der Waals surface area contributed by atoms with Crippen molar-refractivity contribution < 1.29 is 19.2 Å². The summed E-state index contributed by atoms with van der Waals surface area (Å²) in [7, 11) is 0.